The SMILES string of the molecule is COC(=O)c1nc(C)n(C(C)c2nn[nH]n2)c1N. The van der Waals surface area contributed by atoms with Crippen LogP contribution in [0.5, 0.6) is 0 Å². The van der Waals surface area contributed by atoms with E-state index in [9.17, 15) is 4.79 Å². The molecule has 0 bridgehead atoms. The number of H-pyrrole nitrogens is 1. The van der Waals surface area contributed by atoms with Gasteiger partial charge >= 0.3 is 5.97 Å². The fourth-order valence-electron chi connectivity index (χ4n) is 1.76. The number of aromatic nitrogens is 6. The summed E-state index contributed by atoms with van der Waals surface area (Å²) in [4.78, 5) is 15.6. The maximum atomic E-state index is 11.5. The third-order valence-electron chi connectivity index (χ3n) is 2.63. The first-order valence-electron chi connectivity index (χ1n) is 5.22. The lowest BCUT2D eigenvalue weighted by Crippen LogP contribution is -2.14. The summed E-state index contributed by atoms with van der Waals surface area (Å²) < 4.78 is 6.26. The van der Waals surface area contributed by atoms with Crippen LogP contribution in [0.3, 0.4) is 0 Å². The molecule has 9 nitrogen and oxygen atoms in total. The highest BCUT2D eigenvalue weighted by atomic mass is 16.5. The molecule has 0 aliphatic rings. The summed E-state index contributed by atoms with van der Waals surface area (Å²) in [6, 6.07) is -0.283. The van der Waals surface area contributed by atoms with E-state index in [-0.39, 0.29) is 17.6 Å². The molecule has 1 unspecified atom stereocenters. The van der Waals surface area contributed by atoms with Crippen LogP contribution in [0.25, 0.3) is 0 Å². The number of carbonyl (C=O) groups excluding carboxylic acids is 1. The Labute approximate surface area is 102 Å². The van der Waals surface area contributed by atoms with E-state index in [0.717, 1.165) is 0 Å². The number of ether oxygens (including phenoxy) is 1. The van der Waals surface area contributed by atoms with Crippen molar-refractivity contribution in [3.8, 4) is 0 Å². The maximum Gasteiger partial charge on any atom is 0.360 e. The minimum atomic E-state index is -0.574. The summed E-state index contributed by atoms with van der Waals surface area (Å²) in [7, 11) is 1.28. The average Bonchev–Trinajstić information content (AvgIpc) is 2.96. The zero-order valence-corrected chi connectivity index (χ0v) is 10.2. The summed E-state index contributed by atoms with van der Waals surface area (Å²) >= 11 is 0. The molecule has 0 aliphatic heterocycles. The number of methoxy groups -OCH3 is 1. The van der Waals surface area contributed by atoms with Gasteiger partial charge in [-0.3, -0.25) is 0 Å². The summed E-state index contributed by atoms with van der Waals surface area (Å²) in [5.74, 6) is 0.676. The quantitative estimate of drug-likeness (QED) is 0.716. The summed E-state index contributed by atoms with van der Waals surface area (Å²) in [6.45, 7) is 3.57. The van der Waals surface area contributed by atoms with Crippen LogP contribution >= 0.6 is 0 Å². The Balaban J connectivity index is 2.46. The molecule has 9 heteroatoms. The van der Waals surface area contributed by atoms with Gasteiger partial charge in [0.25, 0.3) is 0 Å². The number of nitrogens with one attached hydrogen (secondary N) is 1. The number of hydrogen-bond acceptors (Lipinski definition) is 7. The fraction of sp³-hybridized carbons (Fsp3) is 0.444. The van der Waals surface area contributed by atoms with Crippen LogP contribution in [0, 0.1) is 6.92 Å². The van der Waals surface area contributed by atoms with Crippen molar-refractivity contribution < 1.29 is 9.53 Å². The minimum absolute atomic E-state index is 0.0883. The van der Waals surface area contributed by atoms with Crippen LogP contribution in [0.15, 0.2) is 0 Å². The molecule has 2 aromatic heterocycles. The van der Waals surface area contributed by atoms with Gasteiger partial charge in [0.2, 0.25) is 0 Å². The smallest absolute Gasteiger partial charge is 0.360 e. The predicted molar refractivity (Wildman–Crippen MR) is 60.7 cm³/mol. The Kier molecular flexibility index (Phi) is 2.96. The van der Waals surface area contributed by atoms with Crippen LogP contribution < -0.4 is 5.73 Å². The molecular formula is C9H13N7O2. The first-order chi connectivity index (χ1) is 8.56. The van der Waals surface area contributed by atoms with Crippen molar-refractivity contribution in [3.63, 3.8) is 0 Å². The molecule has 0 aromatic carbocycles. The highest BCUT2D eigenvalue weighted by molar-refractivity contribution is 5.92. The van der Waals surface area contributed by atoms with Crippen molar-refractivity contribution in [2.75, 3.05) is 12.8 Å². The lowest BCUT2D eigenvalue weighted by Gasteiger charge is -2.12. The van der Waals surface area contributed by atoms with Crippen molar-refractivity contribution in [1.29, 1.82) is 0 Å². The molecule has 0 saturated carbocycles. The molecule has 0 amide bonds. The van der Waals surface area contributed by atoms with Gasteiger partial charge in [0.05, 0.1) is 13.2 Å². The van der Waals surface area contributed by atoms with Gasteiger partial charge in [-0.15, -0.1) is 10.2 Å². The van der Waals surface area contributed by atoms with E-state index in [1.807, 2.05) is 6.92 Å². The number of nitrogens with two attached hydrogens (primary N) is 1. The third kappa shape index (κ3) is 1.79. The zero-order chi connectivity index (χ0) is 13.3. The lowest BCUT2D eigenvalue weighted by atomic mass is 10.3. The van der Waals surface area contributed by atoms with E-state index in [0.29, 0.717) is 11.6 Å². The highest BCUT2D eigenvalue weighted by Crippen LogP contribution is 2.23. The van der Waals surface area contributed by atoms with Crippen molar-refractivity contribution >= 4 is 11.8 Å². The van der Waals surface area contributed by atoms with Gasteiger partial charge < -0.3 is 15.0 Å². The Bertz CT molecular complexity index is 560. The van der Waals surface area contributed by atoms with E-state index in [1.165, 1.54) is 7.11 Å². The van der Waals surface area contributed by atoms with Crippen molar-refractivity contribution in [3.05, 3.63) is 17.3 Å². The second-order valence-electron chi connectivity index (χ2n) is 3.70. The van der Waals surface area contributed by atoms with E-state index in [2.05, 4.69) is 30.3 Å². The molecular weight excluding hydrogens is 238 g/mol. The minimum Gasteiger partial charge on any atom is -0.464 e. The van der Waals surface area contributed by atoms with Crippen molar-refractivity contribution in [1.82, 2.24) is 30.2 Å². The van der Waals surface area contributed by atoms with E-state index in [1.54, 1.807) is 11.5 Å². The van der Waals surface area contributed by atoms with Crippen LogP contribution in [-0.4, -0.2) is 43.3 Å². The second-order valence-corrected chi connectivity index (χ2v) is 3.70. The Hall–Kier alpha value is -2.45. The fourth-order valence-corrected chi connectivity index (χ4v) is 1.76. The van der Waals surface area contributed by atoms with Gasteiger partial charge in [-0.1, -0.05) is 5.21 Å². The number of aromatic amines is 1. The molecule has 18 heavy (non-hydrogen) atoms. The number of aryl methyl sites for hydroxylation is 1. The zero-order valence-electron chi connectivity index (χ0n) is 10.2. The largest absolute Gasteiger partial charge is 0.464 e. The molecule has 96 valence electrons. The van der Waals surface area contributed by atoms with Gasteiger partial charge in [-0.2, -0.15) is 5.21 Å². The highest BCUT2D eigenvalue weighted by Gasteiger charge is 2.24. The number of nitrogens with zero attached hydrogens (tertiary/aromatic N) is 5. The number of imidazole rings is 1. The summed E-state index contributed by atoms with van der Waals surface area (Å²) in [6.07, 6.45) is 0. The van der Waals surface area contributed by atoms with Crippen LogP contribution in [0.1, 0.15) is 35.1 Å². The molecule has 0 spiro atoms. The molecule has 0 saturated heterocycles. The topological polar surface area (TPSA) is 125 Å². The third-order valence-corrected chi connectivity index (χ3v) is 2.63. The molecule has 2 rings (SSSR count). The molecule has 0 aliphatic carbocycles. The number of esters is 1. The number of carbonyl (C=O) groups is 1. The van der Waals surface area contributed by atoms with Gasteiger partial charge in [0.1, 0.15) is 11.6 Å². The molecule has 1 atom stereocenters. The molecule has 0 fully saturated rings. The van der Waals surface area contributed by atoms with E-state index in [4.69, 9.17) is 5.73 Å². The maximum absolute atomic E-state index is 11.5. The van der Waals surface area contributed by atoms with Gasteiger partial charge in [0.15, 0.2) is 11.5 Å². The van der Waals surface area contributed by atoms with E-state index < -0.39 is 5.97 Å². The number of nitrogen functional groups attached to an aromatic ring is 1. The van der Waals surface area contributed by atoms with Crippen LogP contribution in [0.2, 0.25) is 0 Å². The molecule has 0 radical (unpaired) electrons. The van der Waals surface area contributed by atoms with Gasteiger partial charge in [0, 0.05) is 0 Å². The monoisotopic (exact) mass is 251 g/mol. The van der Waals surface area contributed by atoms with Crippen LogP contribution in [-0.2, 0) is 4.74 Å². The van der Waals surface area contributed by atoms with Crippen LogP contribution in [0.4, 0.5) is 5.82 Å². The normalized spacial score (nSPS) is 12.4. The molecule has 3 N–H and O–H groups in total. The number of anilines is 1. The summed E-state index contributed by atoms with van der Waals surface area (Å²) in [5.41, 5.74) is 5.99. The Morgan fingerprint density at radius 2 is 2.28 bits per heavy atom. The Morgan fingerprint density at radius 3 is 2.83 bits per heavy atom. The van der Waals surface area contributed by atoms with Gasteiger partial charge in [-0.25, -0.2) is 9.78 Å². The lowest BCUT2D eigenvalue weighted by molar-refractivity contribution is 0.0595. The second kappa shape index (κ2) is 4.43. The predicted octanol–water partition coefficient (Wildman–Crippen LogP) is -0.317. The standard InChI is InChI=1S/C9H13N7O2/c1-4(8-12-14-15-13-8)16-5(2)11-6(7(16)10)9(17)18-3/h4H,10H2,1-3H3,(H,12,13,14,15). The first kappa shape index (κ1) is 12.0. The number of rotatable bonds is 3. The van der Waals surface area contributed by atoms with Crippen molar-refractivity contribution in [2.45, 2.75) is 19.9 Å². The number of hydrogen-bond donors (Lipinski definition) is 2. The van der Waals surface area contributed by atoms with Crippen molar-refractivity contribution in [2.24, 2.45) is 0 Å². The molecule has 2 aromatic rings. The first-order valence-corrected chi connectivity index (χ1v) is 5.22. The summed E-state index contributed by atoms with van der Waals surface area (Å²) in [5, 5.41) is 13.6. The van der Waals surface area contributed by atoms with E-state index >= 15 is 0 Å². The Morgan fingerprint density at radius 1 is 1.56 bits per heavy atom. The number of tetrazole rings is 1. The van der Waals surface area contributed by atoms with Gasteiger partial charge in [-0.05, 0) is 13.8 Å². The molecule has 2 heterocycles. The average molecular weight is 251 g/mol.